The maximum absolute atomic E-state index is 13.1. The fourth-order valence-electron chi connectivity index (χ4n) is 3.67. The van der Waals surface area contributed by atoms with Crippen LogP contribution in [0.5, 0.6) is 5.75 Å². The van der Waals surface area contributed by atoms with E-state index in [1.807, 2.05) is 44.4 Å². The van der Waals surface area contributed by atoms with E-state index in [0.29, 0.717) is 24.6 Å². The topological polar surface area (TPSA) is 64.4 Å². The first-order chi connectivity index (χ1) is 13.0. The molecule has 2 heterocycles. The number of ether oxygens (including phenoxy) is 1. The second kappa shape index (κ2) is 6.98. The summed E-state index contributed by atoms with van der Waals surface area (Å²) in [6.45, 7) is 5.29. The van der Waals surface area contributed by atoms with Gasteiger partial charge in [0.2, 0.25) is 10.0 Å². The van der Waals surface area contributed by atoms with Crippen LogP contribution in [0.15, 0.2) is 53.7 Å². The van der Waals surface area contributed by atoms with Crippen LogP contribution < -0.4 is 4.74 Å². The molecule has 1 saturated heterocycles. The maximum atomic E-state index is 13.1. The van der Waals surface area contributed by atoms with E-state index in [1.165, 1.54) is 0 Å². The molecule has 7 heteroatoms. The lowest BCUT2D eigenvalue weighted by Gasteiger charge is -2.18. The molecule has 1 atom stereocenters. The van der Waals surface area contributed by atoms with Crippen LogP contribution in [0.25, 0.3) is 11.0 Å². The molecule has 0 aliphatic carbocycles. The Morgan fingerprint density at radius 2 is 2.04 bits per heavy atom. The summed E-state index contributed by atoms with van der Waals surface area (Å²) in [6, 6.07) is 13.1. The van der Waals surface area contributed by atoms with Crippen molar-refractivity contribution in [2.75, 3.05) is 19.7 Å². The minimum Gasteiger partial charge on any atom is -0.494 e. The number of hydrogen-bond donors (Lipinski definition) is 0. The fourth-order valence-corrected chi connectivity index (χ4v) is 5.25. The molecule has 0 bridgehead atoms. The van der Waals surface area contributed by atoms with Gasteiger partial charge in [0.15, 0.2) is 0 Å². The van der Waals surface area contributed by atoms with Gasteiger partial charge in [0.05, 0.1) is 34.9 Å². The monoisotopic (exact) mass is 385 g/mol. The molecule has 0 amide bonds. The highest BCUT2D eigenvalue weighted by molar-refractivity contribution is 7.89. The van der Waals surface area contributed by atoms with E-state index in [0.717, 1.165) is 28.8 Å². The third-order valence-corrected chi connectivity index (χ3v) is 6.95. The number of aryl methyl sites for hydroxylation is 1. The van der Waals surface area contributed by atoms with Crippen molar-refractivity contribution in [3.63, 3.8) is 0 Å². The Bertz CT molecular complexity index is 1080. The molecule has 1 aromatic heterocycles. The van der Waals surface area contributed by atoms with Crippen LogP contribution in [0.1, 0.15) is 24.9 Å². The molecule has 0 radical (unpaired) electrons. The van der Waals surface area contributed by atoms with Crippen molar-refractivity contribution in [2.24, 2.45) is 0 Å². The van der Waals surface area contributed by atoms with E-state index < -0.39 is 10.0 Å². The molecule has 1 aliphatic rings. The van der Waals surface area contributed by atoms with Crippen molar-refractivity contribution in [2.45, 2.75) is 31.2 Å². The maximum Gasteiger partial charge on any atom is 0.243 e. The third-order valence-electron chi connectivity index (χ3n) is 5.08. The summed E-state index contributed by atoms with van der Waals surface area (Å²) in [6.07, 6.45) is 2.59. The number of benzene rings is 2. The smallest absolute Gasteiger partial charge is 0.243 e. The Labute approximate surface area is 159 Å². The van der Waals surface area contributed by atoms with Crippen LogP contribution in [-0.2, 0) is 10.0 Å². The molecular formula is C20H23N3O3S. The van der Waals surface area contributed by atoms with Gasteiger partial charge in [-0.25, -0.2) is 13.4 Å². The second-order valence-corrected chi connectivity index (χ2v) is 8.74. The minimum absolute atomic E-state index is 0.0935. The van der Waals surface area contributed by atoms with Gasteiger partial charge in [-0.2, -0.15) is 4.31 Å². The highest BCUT2D eigenvalue weighted by atomic mass is 32.2. The minimum atomic E-state index is -3.53. The molecule has 1 aliphatic heterocycles. The summed E-state index contributed by atoms with van der Waals surface area (Å²) in [7, 11) is -3.53. The number of sulfonamides is 1. The average molecular weight is 385 g/mol. The van der Waals surface area contributed by atoms with Crippen molar-refractivity contribution in [1.29, 1.82) is 0 Å². The Hall–Kier alpha value is -2.38. The summed E-state index contributed by atoms with van der Waals surface area (Å²) >= 11 is 0. The molecule has 2 aromatic carbocycles. The van der Waals surface area contributed by atoms with Gasteiger partial charge in [-0.1, -0.05) is 12.1 Å². The van der Waals surface area contributed by atoms with Gasteiger partial charge >= 0.3 is 0 Å². The predicted molar refractivity (Wildman–Crippen MR) is 104 cm³/mol. The van der Waals surface area contributed by atoms with Gasteiger partial charge in [-0.15, -0.1) is 0 Å². The molecule has 0 saturated carbocycles. The zero-order chi connectivity index (χ0) is 19.0. The lowest BCUT2D eigenvalue weighted by atomic mass is 10.2. The second-order valence-electron chi connectivity index (χ2n) is 6.81. The van der Waals surface area contributed by atoms with E-state index >= 15 is 0 Å². The van der Waals surface area contributed by atoms with Gasteiger partial charge in [0, 0.05) is 13.1 Å². The molecular weight excluding hydrogens is 362 g/mol. The highest BCUT2D eigenvalue weighted by Crippen LogP contribution is 2.31. The van der Waals surface area contributed by atoms with E-state index in [2.05, 4.69) is 9.55 Å². The molecule has 0 N–H and O–H groups in total. The van der Waals surface area contributed by atoms with Crippen molar-refractivity contribution in [3.8, 4) is 5.75 Å². The molecule has 6 nitrogen and oxygen atoms in total. The van der Waals surface area contributed by atoms with Gasteiger partial charge < -0.3 is 9.30 Å². The third kappa shape index (κ3) is 3.21. The summed E-state index contributed by atoms with van der Waals surface area (Å²) in [5, 5.41) is 0. The van der Waals surface area contributed by atoms with Crippen LogP contribution in [0.2, 0.25) is 0 Å². The summed E-state index contributed by atoms with van der Waals surface area (Å²) in [5.74, 6) is 0.723. The quantitative estimate of drug-likeness (QED) is 0.675. The van der Waals surface area contributed by atoms with Crippen molar-refractivity contribution in [1.82, 2.24) is 13.9 Å². The lowest BCUT2D eigenvalue weighted by Crippen LogP contribution is -2.29. The number of hydrogen-bond acceptors (Lipinski definition) is 4. The normalized spacial score (nSPS) is 18.2. The van der Waals surface area contributed by atoms with Crippen molar-refractivity contribution >= 4 is 21.1 Å². The molecule has 27 heavy (non-hydrogen) atoms. The number of rotatable bonds is 5. The van der Waals surface area contributed by atoms with E-state index in [4.69, 9.17) is 4.74 Å². The zero-order valence-electron chi connectivity index (χ0n) is 15.5. The number of aromatic nitrogens is 2. The zero-order valence-corrected chi connectivity index (χ0v) is 16.3. The molecule has 3 aromatic rings. The first-order valence-electron chi connectivity index (χ1n) is 9.16. The van der Waals surface area contributed by atoms with E-state index in [1.54, 1.807) is 22.5 Å². The van der Waals surface area contributed by atoms with Gasteiger partial charge in [0.25, 0.3) is 0 Å². The lowest BCUT2D eigenvalue weighted by molar-refractivity contribution is 0.337. The van der Waals surface area contributed by atoms with Crippen LogP contribution >= 0.6 is 0 Å². The summed E-state index contributed by atoms with van der Waals surface area (Å²) in [5.41, 5.74) is 2.80. The number of fused-ring (bicyclic) bond motifs is 1. The summed E-state index contributed by atoms with van der Waals surface area (Å²) < 4.78 is 35.4. The van der Waals surface area contributed by atoms with Crippen LogP contribution in [0, 0.1) is 6.92 Å². The van der Waals surface area contributed by atoms with Crippen LogP contribution in [-0.4, -0.2) is 42.0 Å². The largest absolute Gasteiger partial charge is 0.494 e. The van der Waals surface area contributed by atoms with Crippen molar-refractivity contribution in [3.05, 3.63) is 54.4 Å². The van der Waals surface area contributed by atoms with Crippen LogP contribution in [0.4, 0.5) is 0 Å². The SMILES string of the molecule is CCOc1ccc(S(=O)(=O)N2CC[C@H](n3cnc4ccccc43)C2)cc1C. The Morgan fingerprint density at radius 1 is 1.22 bits per heavy atom. The molecule has 1 fully saturated rings. The van der Waals surface area contributed by atoms with Gasteiger partial charge in [-0.3, -0.25) is 0 Å². The van der Waals surface area contributed by atoms with Crippen molar-refractivity contribution < 1.29 is 13.2 Å². The Kier molecular flexibility index (Phi) is 4.65. The Balaban J connectivity index is 1.58. The first kappa shape index (κ1) is 18.0. The summed E-state index contributed by atoms with van der Waals surface area (Å²) in [4.78, 5) is 4.75. The first-order valence-corrected chi connectivity index (χ1v) is 10.6. The van der Waals surface area contributed by atoms with Gasteiger partial charge in [-0.05, 0) is 56.2 Å². The number of nitrogens with zero attached hydrogens (tertiary/aromatic N) is 3. The predicted octanol–water partition coefficient (Wildman–Crippen LogP) is 3.38. The molecule has 0 spiro atoms. The molecule has 0 unspecified atom stereocenters. The fraction of sp³-hybridized carbons (Fsp3) is 0.350. The average Bonchev–Trinajstić information content (AvgIpc) is 3.30. The Morgan fingerprint density at radius 3 is 2.81 bits per heavy atom. The molecule has 4 rings (SSSR count). The van der Waals surface area contributed by atoms with E-state index in [9.17, 15) is 8.42 Å². The standard InChI is InChI=1S/C20H23N3O3S/c1-3-26-20-9-8-17(12-15(20)2)27(24,25)22-11-10-16(13-22)23-14-21-18-6-4-5-7-19(18)23/h4-9,12,14,16H,3,10-11,13H2,1-2H3/t16-/m0/s1. The molecule has 142 valence electrons. The van der Waals surface area contributed by atoms with E-state index in [-0.39, 0.29) is 6.04 Å². The highest BCUT2D eigenvalue weighted by Gasteiger charge is 2.34. The van der Waals surface area contributed by atoms with Gasteiger partial charge in [0.1, 0.15) is 5.75 Å². The number of para-hydroxylation sites is 2. The van der Waals surface area contributed by atoms with Crippen LogP contribution in [0.3, 0.4) is 0 Å². The number of imidazole rings is 1.